The molecule has 0 radical (unpaired) electrons. The molecule has 124 valence electrons. The smallest absolute Gasteiger partial charge is 0.268 e. The Morgan fingerprint density at radius 1 is 1.17 bits per heavy atom. The fourth-order valence-electron chi connectivity index (χ4n) is 2.14. The number of H-pyrrole nitrogens is 1. The number of rotatable bonds is 4. The molecule has 1 amide bonds. The lowest BCUT2D eigenvalue weighted by Crippen LogP contribution is -2.41. The first kappa shape index (κ1) is 16.4. The summed E-state index contributed by atoms with van der Waals surface area (Å²) in [6.45, 7) is 0. The van der Waals surface area contributed by atoms with Crippen molar-refractivity contribution in [3.63, 3.8) is 0 Å². The molecule has 0 saturated heterocycles. The van der Waals surface area contributed by atoms with E-state index < -0.39 is 21.7 Å². The topological polar surface area (TPSA) is 91.1 Å². The summed E-state index contributed by atoms with van der Waals surface area (Å²) in [5, 5.41) is 0.319. The number of aromatic nitrogens is 1. The highest BCUT2D eigenvalue weighted by Crippen LogP contribution is 2.19. The summed E-state index contributed by atoms with van der Waals surface area (Å²) in [7, 11) is -4.08. The largest absolute Gasteiger partial charge is 0.360 e. The molecule has 0 saturated carbocycles. The minimum Gasteiger partial charge on any atom is -0.360 e. The Morgan fingerprint density at radius 3 is 2.67 bits per heavy atom. The first-order valence-electron chi connectivity index (χ1n) is 6.72. The highest BCUT2D eigenvalue weighted by molar-refractivity contribution is 7.89. The number of halogens is 2. The second kappa shape index (κ2) is 6.23. The van der Waals surface area contributed by atoms with Gasteiger partial charge < -0.3 is 4.98 Å². The van der Waals surface area contributed by atoms with Crippen molar-refractivity contribution in [3.05, 3.63) is 65.1 Å². The number of aromatic amines is 1. The lowest BCUT2D eigenvalue weighted by molar-refractivity contribution is 0.0947. The number of fused-ring (bicyclic) bond motifs is 1. The third-order valence-electron chi connectivity index (χ3n) is 3.33. The van der Waals surface area contributed by atoms with Gasteiger partial charge in [-0.05, 0) is 24.3 Å². The van der Waals surface area contributed by atoms with Crippen LogP contribution in [-0.4, -0.2) is 19.3 Å². The van der Waals surface area contributed by atoms with E-state index in [1.807, 2.05) is 10.9 Å². The molecule has 0 unspecified atom stereocenters. The number of carbonyl (C=O) groups excluding carboxylic acids is 1. The van der Waals surface area contributed by atoms with Gasteiger partial charge in [-0.1, -0.05) is 29.8 Å². The highest BCUT2D eigenvalue weighted by Gasteiger charge is 2.18. The molecule has 6 nitrogen and oxygen atoms in total. The zero-order valence-electron chi connectivity index (χ0n) is 12.0. The minimum absolute atomic E-state index is 0.270. The van der Waals surface area contributed by atoms with Crippen molar-refractivity contribution in [1.82, 2.24) is 15.2 Å². The lowest BCUT2D eigenvalue weighted by atomic mass is 10.2. The predicted molar refractivity (Wildman–Crippen MR) is 87.5 cm³/mol. The maximum Gasteiger partial charge on any atom is 0.268 e. The highest BCUT2D eigenvalue weighted by atomic mass is 35.5. The van der Waals surface area contributed by atoms with Crippen LogP contribution in [0.2, 0.25) is 5.02 Å². The van der Waals surface area contributed by atoms with Gasteiger partial charge in [0.2, 0.25) is 0 Å². The van der Waals surface area contributed by atoms with Crippen LogP contribution < -0.4 is 10.3 Å². The SMILES string of the molecule is O=C(NNS(=O)(=O)c1ccc(F)c(Cl)c1)c1c[nH]c2ccccc12. The van der Waals surface area contributed by atoms with Crippen molar-refractivity contribution in [2.45, 2.75) is 4.90 Å². The molecule has 24 heavy (non-hydrogen) atoms. The van der Waals surface area contributed by atoms with E-state index >= 15 is 0 Å². The number of amides is 1. The average Bonchev–Trinajstić information content (AvgIpc) is 2.99. The van der Waals surface area contributed by atoms with Crippen molar-refractivity contribution in [1.29, 1.82) is 0 Å². The van der Waals surface area contributed by atoms with E-state index in [-0.39, 0.29) is 15.5 Å². The molecule has 9 heteroatoms. The summed E-state index contributed by atoms with van der Waals surface area (Å²) in [4.78, 5) is 16.8. The monoisotopic (exact) mass is 367 g/mol. The lowest BCUT2D eigenvalue weighted by Gasteiger charge is -2.08. The van der Waals surface area contributed by atoms with Gasteiger partial charge in [-0.25, -0.2) is 12.8 Å². The minimum atomic E-state index is -4.08. The van der Waals surface area contributed by atoms with E-state index in [0.717, 1.165) is 23.7 Å². The van der Waals surface area contributed by atoms with Gasteiger partial charge >= 0.3 is 0 Å². The Hall–Kier alpha value is -2.42. The number of nitrogens with one attached hydrogen (secondary N) is 3. The molecule has 0 atom stereocenters. The van der Waals surface area contributed by atoms with Crippen LogP contribution in [0.3, 0.4) is 0 Å². The molecular formula is C15H11ClFN3O3S. The summed E-state index contributed by atoms with van der Waals surface area (Å²) >= 11 is 5.57. The molecule has 0 fully saturated rings. The molecular weight excluding hydrogens is 357 g/mol. The van der Waals surface area contributed by atoms with Gasteiger partial charge in [0.1, 0.15) is 5.82 Å². The molecule has 0 bridgehead atoms. The van der Waals surface area contributed by atoms with E-state index in [0.29, 0.717) is 5.39 Å². The van der Waals surface area contributed by atoms with Gasteiger partial charge in [-0.15, -0.1) is 4.83 Å². The molecule has 1 heterocycles. The second-order valence-electron chi connectivity index (χ2n) is 4.88. The third-order valence-corrected chi connectivity index (χ3v) is 4.87. The van der Waals surface area contributed by atoms with Crippen LogP contribution in [0.5, 0.6) is 0 Å². The first-order chi connectivity index (χ1) is 11.4. The van der Waals surface area contributed by atoms with E-state index in [1.165, 1.54) is 6.20 Å². The Labute approximate surface area is 141 Å². The number of para-hydroxylation sites is 1. The number of carbonyl (C=O) groups is 1. The molecule has 2 aromatic carbocycles. The zero-order valence-corrected chi connectivity index (χ0v) is 13.6. The fraction of sp³-hybridized carbons (Fsp3) is 0. The van der Waals surface area contributed by atoms with Gasteiger partial charge in [0.05, 0.1) is 15.5 Å². The number of sulfonamides is 1. The summed E-state index contributed by atoms with van der Waals surface area (Å²) in [6, 6.07) is 10.0. The van der Waals surface area contributed by atoms with Crippen molar-refractivity contribution in [3.8, 4) is 0 Å². The Bertz CT molecular complexity index is 1030. The Kier molecular flexibility index (Phi) is 4.27. The van der Waals surface area contributed by atoms with Crippen LogP contribution in [0.15, 0.2) is 53.6 Å². The quantitative estimate of drug-likeness (QED) is 0.619. The van der Waals surface area contributed by atoms with Crippen molar-refractivity contribution < 1.29 is 17.6 Å². The number of hydrogen-bond acceptors (Lipinski definition) is 3. The van der Waals surface area contributed by atoms with Crippen molar-refractivity contribution >= 4 is 38.4 Å². The first-order valence-corrected chi connectivity index (χ1v) is 8.58. The number of hydrazine groups is 1. The second-order valence-corrected chi connectivity index (χ2v) is 6.97. The van der Waals surface area contributed by atoms with Crippen LogP contribution in [0, 0.1) is 5.82 Å². The number of hydrogen-bond donors (Lipinski definition) is 3. The molecule has 0 aliphatic rings. The van der Waals surface area contributed by atoms with Gasteiger partial charge in [0.25, 0.3) is 15.9 Å². The molecule has 0 spiro atoms. The average molecular weight is 368 g/mol. The molecule has 3 rings (SSSR count). The fourth-order valence-corrected chi connectivity index (χ4v) is 3.25. The zero-order chi connectivity index (χ0) is 17.3. The van der Waals surface area contributed by atoms with Crippen LogP contribution >= 0.6 is 11.6 Å². The van der Waals surface area contributed by atoms with Gasteiger partial charge in [0, 0.05) is 17.1 Å². The van der Waals surface area contributed by atoms with E-state index in [9.17, 15) is 17.6 Å². The summed E-state index contributed by atoms with van der Waals surface area (Å²) in [5.41, 5.74) is 3.15. The normalized spacial score (nSPS) is 11.6. The summed E-state index contributed by atoms with van der Waals surface area (Å²) < 4.78 is 37.4. The van der Waals surface area contributed by atoms with Crippen molar-refractivity contribution in [2.24, 2.45) is 0 Å². The maximum atomic E-state index is 13.1. The molecule has 0 aliphatic heterocycles. The summed E-state index contributed by atoms with van der Waals surface area (Å²) in [6.07, 6.45) is 1.48. The van der Waals surface area contributed by atoms with Gasteiger partial charge in [0.15, 0.2) is 0 Å². The standard InChI is InChI=1S/C15H11ClFN3O3S/c16-12-7-9(5-6-13(12)17)24(22,23)20-19-15(21)11-8-18-14-4-2-1-3-10(11)14/h1-8,18,20H,(H,19,21). The third kappa shape index (κ3) is 3.12. The Balaban J connectivity index is 1.79. The van der Waals surface area contributed by atoms with E-state index in [4.69, 9.17) is 11.6 Å². The van der Waals surface area contributed by atoms with Crippen LogP contribution in [-0.2, 0) is 10.0 Å². The van der Waals surface area contributed by atoms with Crippen LogP contribution in [0.4, 0.5) is 4.39 Å². The molecule has 3 aromatic rings. The molecule has 0 aliphatic carbocycles. The molecule has 1 aromatic heterocycles. The summed E-state index contributed by atoms with van der Waals surface area (Å²) in [5.74, 6) is -1.37. The Morgan fingerprint density at radius 2 is 1.92 bits per heavy atom. The predicted octanol–water partition coefficient (Wildman–Crippen LogP) is 2.58. The van der Waals surface area contributed by atoms with Crippen LogP contribution in [0.1, 0.15) is 10.4 Å². The van der Waals surface area contributed by atoms with Gasteiger partial charge in [-0.3, -0.25) is 10.2 Å². The van der Waals surface area contributed by atoms with E-state index in [1.54, 1.807) is 18.2 Å². The maximum absolute atomic E-state index is 13.1. The van der Waals surface area contributed by atoms with Crippen molar-refractivity contribution in [2.75, 3.05) is 0 Å². The van der Waals surface area contributed by atoms with Crippen LogP contribution in [0.25, 0.3) is 10.9 Å². The van der Waals surface area contributed by atoms with E-state index in [2.05, 4.69) is 10.4 Å². The van der Waals surface area contributed by atoms with Gasteiger partial charge in [-0.2, -0.15) is 0 Å². The molecule has 3 N–H and O–H groups in total. The number of benzene rings is 2.